The summed E-state index contributed by atoms with van der Waals surface area (Å²) < 4.78 is 9.91. The number of hydrogen-bond donors (Lipinski definition) is 1. The number of ether oxygens (including phenoxy) is 1. The van der Waals surface area contributed by atoms with Crippen molar-refractivity contribution in [2.45, 2.75) is 0 Å². The number of aromatic nitrogens is 3. The maximum atomic E-state index is 7.05. The highest BCUT2D eigenvalue weighted by molar-refractivity contribution is 5.59. The van der Waals surface area contributed by atoms with Crippen LogP contribution in [0, 0.1) is 5.53 Å². The van der Waals surface area contributed by atoms with Gasteiger partial charge in [-0.3, -0.25) is 4.98 Å². The SMILES string of the molecule is COC/C=C(/N=N)c1nc(-c2cccnc2)no1. The van der Waals surface area contributed by atoms with Gasteiger partial charge in [0, 0.05) is 25.1 Å². The third-order valence-corrected chi connectivity index (χ3v) is 2.13. The second-order valence-electron chi connectivity index (χ2n) is 3.32. The number of hydrogen-bond acceptors (Lipinski definition) is 7. The van der Waals surface area contributed by atoms with Crippen LogP contribution in [-0.4, -0.2) is 28.8 Å². The summed E-state index contributed by atoms with van der Waals surface area (Å²) in [6.45, 7) is 0.322. The second-order valence-corrected chi connectivity index (χ2v) is 3.32. The Balaban J connectivity index is 2.27. The first-order valence-electron chi connectivity index (χ1n) is 5.16. The Hall–Kier alpha value is -2.41. The largest absolute Gasteiger partial charge is 0.381 e. The predicted molar refractivity (Wildman–Crippen MR) is 62.5 cm³/mol. The average molecular weight is 245 g/mol. The van der Waals surface area contributed by atoms with Gasteiger partial charge in [0.25, 0.3) is 5.89 Å². The van der Waals surface area contributed by atoms with Crippen LogP contribution in [0.1, 0.15) is 5.89 Å². The van der Waals surface area contributed by atoms with Crippen molar-refractivity contribution < 1.29 is 9.26 Å². The van der Waals surface area contributed by atoms with Gasteiger partial charge in [0.2, 0.25) is 5.82 Å². The van der Waals surface area contributed by atoms with E-state index >= 15 is 0 Å². The normalized spacial score (nSPS) is 11.5. The molecule has 7 heteroatoms. The van der Waals surface area contributed by atoms with E-state index in [0.717, 1.165) is 5.56 Å². The van der Waals surface area contributed by atoms with Crippen LogP contribution in [-0.2, 0) is 4.74 Å². The molecule has 0 atom stereocenters. The molecule has 1 N–H and O–H groups in total. The standard InChI is InChI=1S/C11H11N5O2/c1-17-6-4-9(15-12)11-14-10(16-18-11)8-3-2-5-13-7-8/h2-5,7,12H,6H2,1H3/b9-4+,15-12?. The summed E-state index contributed by atoms with van der Waals surface area (Å²) in [4.78, 5) is 8.12. The first-order chi connectivity index (χ1) is 8.85. The maximum absolute atomic E-state index is 7.05. The van der Waals surface area contributed by atoms with Crippen molar-refractivity contribution in [3.63, 3.8) is 0 Å². The minimum absolute atomic E-state index is 0.181. The van der Waals surface area contributed by atoms with E-state index < -0.39 is 0 Å². The van der Waals surface area contributed by atoms with Gasteiger partial charge in [0.15, 0.2) is 0 Å². The lowest BCUT2D eigenvalue weighted by Crippen LogP contribution is -1.87. The van der Waals surface area contributed by atoms with Crippen LogP contribution in [0.3, 0.4) is 0 Å². The van der Waals surface area contributed by atoms with Crippen LogP contribution in [0.25, 0.3) is 17.1 Å². The number of methoxy groups -OCH3 is 1. The lowest BCUT2D eigenvalue weighted by Gasteiger charge is -1.92. The topological polar surface area (TPSA) is 97.2 Å². The summed E-state index contributed by atoms with van der Waals surface area (Å²) in [7, 11) is 1.55. The third kappa shape index (κ3) is 2.64. The molecule has 0 radical (unpaired) electrons. The summed E-state index contributed by atoms with van der Waals surface area (Å²) in [6, 6.07) is 3.60. The summed E-state index contributed by atoms with van der Waals surface area (Å²) >= 11 is 0. The summed E-state index contributed by atoms with van der Waals surface area (Å²) in [5.74, 6) is 0.589. The molecule has 2 rings (SSSR count). The van der Waals surface area contributed by atoms with Gasteiger partial charge in [0.05, 0.1) is 6.61 Å². The van der Waals surface area contributed by atoms with Gasteiger partial charge in [-0.1, -0.05) is 5.16 Å². The second kappa shape index (κ2) is 5.78. The van der Waals surface area contributed by atoms with E-state index in [4.69, 9.17) is 14.8 Å². The number of nitrogens with one attached hydrogen (secondary N) is 1. The number of nitrogens with zero attached hydrogens (tertiary/aromatic N) is 4. The average Bonchev–Trinajstić information content (AvgIpc) is 2.90. The Morgan fingerprint density at radius 3 is 3.17 bits per heavy atom. The Morgan fingerprint density at radius 2 is 2.50 bits per heavy atom. The van der Waals surface area contributed by atoms with Gasteiger partial charge < -0.3 is 9.26 Å². The highest BCUT2D eigenvalue weighted by Gasteiger charge is 2.12. The van der Waals surface area contributed by atoms with Crippen LogP contribution in [0.5, 0.6) is 0 Å². The van der Waals surface area contributed by atoms with E-state index in [9.17, 15) is 0 Å². The van der Waals surface area contributed by atoms with E-state index in [-0.39, 0.29) is 11.6 Å². The molecule has 0 unspecified atom stereocenters. The Labute approximate surface area is 103 Å². The predicted octanol–water partition coefficient (Wildman–Crippen LogP) is 2.15. The van der Waals surface area contributed by atoms with Crippen molar-refractivity contribution in [1.82, 2.24) is 15.1 Å². The minimum Gasteiger partial charge on any atom is -0.381 e. The first-order valence-corrected chi connectivity index (χ1v) is 5.16. The quantitative estimate of drug-likeness (QED) is 0.814. The molecule has 7 nitrogen and oxygen atoms in total. The van der Waals surface area contributed by atoms with Gasteiger partial charge in [0.1, 0.15) is 5.70 Å². The van der Waals surface area contributed by atoms with Gasteiger partial charge in [-0.05, 0) is 18.2 Å². The van der Waals surface area contributed by atoms with Crippen molar-refractivity contribution in [3.8, 4) is 11.4 Å². The third-order valence-electron chi connectivity index (χ3n) is 2.13. The highest BCUT2D eigenvalue weighted by Crippen LogP contribution is 2.18. The zero-order chi connectivity index (χ0) is 12.8. The van der Waals surface area contributed by atoms with Gasteiger partial charge in [-0.25, -0.2) is 5.53 Å². The van der Waals surface area contributed by atoms with Crippen molar-refractivity contribution >= 4 is 5.70 Å². The van der Waals surface area contributed by atoms with Crippen LogP contribution in [0.2, 0.25) is 0 Å². The molecule has 0 spiro atoms. The zero-order valence-corrected chi connectivity index (χ0v) is 9.70. The van der Waals surface area contributed by atoms with Crippen LogP contribution in [0.4, 0.5) is 0 Å². The Morgan fingerprint density at radius 1 is 1.61 bits per heavy atom. The van der Waals surface area contributed by atoms with E-state index in [2.05, 4.69) is 20.2 Å². The molecule has 18 heavy (non-hydrogen) atoms. The molecule has 0 saturated carbocycles. The molecule has 2 heterocycles. The summed E-state index contributed by atoms with van der Waals surface area (Å²) in [5, 5.41) is 7.13. The fourth-order valence-corrected chi connectivity index (χ4v) is 1.28. The van der Waals surface area contributed by atoms with Crippen molar-refractivity contribution in [1.29, 1.82) is 5.53 Å². The molecule has 2 aromatic rings. The lowest BCUT2D eigenvalue weighted by atomic mass is 10.3. The maximum Gasteiger partial charge on any atom is 0.278 e. The zero-order valence-electron chi connectivity index (χ0n) is 9.70. The molecule has 0 aliphatic carbocycles. The highest BCUT2D eigenvalue weighted by atomic mass is 16.5. The van der Waals surface area contributed by atoms with Gasteiger partial charge in [-0.15, -0.1) is 0 Å². The van der Waals surface area contributed by atoms with Gasteiger partial charge >= 0.3 is 0 Å². The van der Waals surface area contributed by atoms with Gasteiger partial charge in [-0.2, -0.15) is 10.1 Å². The Bertz CT molecular complexity index is 550. The van der Waals surface area contributed by atoms with Crippen molar-refractivity contribution in [2.75, 3.05) is 13.7 Å². The fraction of sp³-hybridized carbons (Fsp3) is 0.182. The molecule has 0 aliphatic heterocycles. The molecule has 0 bridgehead atoms. The molecule has 0 amide bonds. The van der Waals surface area contributed by atoms with Crippen LogP contribution >= 0.6 is 0 Å². The van der Waals surface area contributed by atoms with Crippen LogP contribution < -0.4 is 0 Å². The molecule has 0 fully saturated rings. The Kier molecular flexibility index (Phi) is 3.87. The smallest absolute Gasteiger partial charge is 0.278 e. The van der Waals surface area contributed by atoms with Crippen molar-refractivity contribution in [2.24, 2.45) is 5.11 Å². The number of rotatable bonds is 5. The van der Waals surface area contributed by atoms with E-state index in [1.54, 1.807) is 31.6 Å². The first kappa shape index (κ1) is 12.1. The molecule has 0 aliphatic rings. The summed E-state index contributed by atoms with van der Waals surface area (Å²) in [6.07, 6.45) is 4.88. The molecular formula is C11H11N5O2. The molecule has 0 aromatic carbocycles. The molecule has 0 saturated heterocycles. The fourth-order valence-electron chi connectivity index (χ4n) is 1.28. The summed E-state index contributed by atoms with van der Waals surface area (Å²) in [5.41, 5.74) is 8.07. The van der Waals surface area contributed by atoms with Crippen molar-refractivity contribution in [3.05, 3.63) is 36.5 Å². The van der Waals surface area contributed by atoms with E-state index in [0.29, 0.717) is 12.4 Å². The molecule has 2 aromatic heterocycles. The van der Waals surface area contributed by atoms with E-state index in [1.165, 1.54) is 0 Å². The lowest BCUT2D eigenvalue weighted by molar-refractivity contribution is 0.234. The monoisotopic (exact) mass is 245 g/mol. The molecular weight excluding hydrogens is 234 g/mol. The minimum atomic E-state index is 0.181. The van der Waals surface area contributed by atoms with E-state index in [1.807, 2.05) is 6.07 Å². The number of pyridine rings is 1. The molecule has 92 valence electrons. The van der Waals surface area contributed by atoms with Crippen LogP contribution in [0.15, 0.2) is 40.2 Å².